The molecule has 0 aliphatic carbocycles. The first-order valence-electron chi connectivity index (χ1n) is 9.65. The van der Waals surface area contributed by atoms with E-state index in [1.165, 1.54) is 27.2 Å². The Hall–Kier alpha value is -3.20. The van der Waals surface area contributed by atoms with Gasteiger partial charge in [0.05, 0.1) is 7.11 Å². The minimum Gasteiger partial charge on any atom is -0.508 e. The predicted molar refractivity (Wildman–Crippen MR) is 120 cm³/mol. The summed E-state index contributed by atoms with van der Waals surface area (Å²) in [4.78, 5) is 2.41. The highest BCUT2D eigenvalue weighted by Gasteiger charge is 2.07. The van der Waals surface area contributed by atoms with Gasteiger partial charge in [0.2, 0.25) is 0 Å². The van der Waals surface area contributed by atoms with Gasteiger partial charge in [-0.3, -0.25) is 0 Å². The molecule has 0 atom stereocenters. The summed E-state index contributed by atoms with van der Waals surface area (Å²) in [6.07, 6.45) is 0. The summed E-state index contributed by atoms with van der Waals surface area (Å²) in [5, 5.41) is 14.1. The van der Waals surface area contributed by atoms with E-state index >= 15 is 0 Å². The number of phenols is 1. The normalized spacial score (nSPS) is 10.4. The molecule has 0 aliphatic rings. The number of ether oxygens (including phenoxy) is 1. The molecule has 0 saturated heterocycles. The lowest BCUT2D eigenvalue weighted by molar-refractivity contribution is 0.412. The monoisotopic (exact) mass is 373 g/mol. The van der Waals surface area contributed by atoms with Crippen molar-refractivity contribution in [1.82, 2.24) is 0 Å². The van der Waals surface area contributed by atoms with E-state index in [9.17, 15) is 0 Å². The third-order valence-corrected chi connectivity index (χ3v) is 4.90. The van der Waals surface area contributed by atoms with E-state index < -0.39 is 0 Å². The van der Waals surface area contributed by atoms with Crippen LogP contribution in [-0.2, 0) is 0 Å². The molecule has 0 amide bonds. The Labute approximate surface area is 166 Å². The Kier molecular flexibility index (Phi) is 6.38. The number of nitrogens with zero attached hydrogens (tertiary/aromatic N) is 1. The van der Waals surface area contributed by atoms with Gasteiger partial charge in [-0.15, -0.1) is 0 Å². The third kappa shape index (κ3) is 4.37. The van der Waals surface area contributed by atoms with Crippen molar-refractivity contribution in [3.05, 3.63) is 78.9 Å². The molecular formula is C25H27NO2. The number of hydrogen-bond acceptors (Lipinski definition) is 3. The number of hydrogen-bond donors (Lipinski definition) is 1. The van der Waals surface area contributed by atoms with Gasteiger partial charge in [0.15, 0.2) is 0 Å². The molecule has 0 radical (unpaired) electrons. The van der Waals surface area contributed by atoms with Gasteiger partial charge >= 0.3 is 0 Å². The Morgan fingerprint density at radius 2 is 1.36 bits per heavy atom. The van der Waals surface area contributed by atoms with Gasteiger partial charge in [-0.05, 0) is 72.5 Å². The van der Waals surface area contributed by atoms with Gasteiger partial charge in [-0.25, -0.2) is 0 Å². The Bertz CT molecular complexity index is 1040. The van der Waals surface area contributed by atoms with Crippen molar-refractivity contribution in [2.75, 3.05) is 25.1 Å². The molecule has 0 aliphatic heterocycles. The van der Waals surface area contributed by atoms with E-state index in [0.717, 1.165) is 18.8 Å². The number of rotatable bonds is 4. The highest BCUT2D eigenvalue weighted by Crippen LogP contribution is 2.30. The SMILES string of the molecule is CCN(CC)c1cccc2cc3ccccc3cc12.COc1ccc(O)cc1. The number of fused-ring (bicyclic) bond motifs is 2. The van der Waals surface area contributed by atoms with Crippen molar-refractivity contribution in [3.8, 4) is 11.5 Å². The van der Waals surface area contributed by atoms with Crippen LogP contribution in [0.4, 0.5) is 5.69 Å². The van der Waals surface area contributed by atoms with Crippen molar-refractivity contribution >= 4 is 27.2 Å². The van der Waals surface area contributed by atoms with Gasteiger partial charge in [0.25, 0.3) is 0 Å². The summed E-state index contributed by atoms with van der Waals surface area (Å²) in [7, 11) is 1.59. The molecule has 144 valence electrons. The van der Waals surface area contributed by atoms with Crippen molar-refractivity contribution in [3.63, 3.8) is 0 Å². The quantitative estimate of drug-likeness (QED) is 0.430. The lowest BCUT2D eigenvalue weighted by Crippen LogP contribution is -2.21. The zero-order valence-corrected chi connectivity index (χ0v) is 16.7. The number of benzene rings is 4. The molecular weight excluding hydrogens is 346 g/mol. The van der Waals surface area contributed by atoms with Crippen molar-refractivity contribution < 1.29 is 9.84 Å². The van der Waals surface area contributed by atoms with Crippen LogP contribution < -0.4 is 9.64 Å². The standard InChI is InChI=1S/C18H19N.C7H8O2/c1-3-19(4-2)18-11-7-10-16-12-14-8-5-6-9-15(14)13-17(16)18;1-9-7-4-2-6(8)3-5-7/h5-13H,3-4H2,1-2H3;2-5,8H,1H3. The largest absolute Gasteiger partial charge is 0.508 e. The van der Waals surface area contributed by atoms with Crippen LogP contribution in [0.25, 0.3) is 21.5 Å². The second-order valence-electron chi connectivity index (χ2n) is 6.57. The van der Waals surface area contributed by atoms with E-state index in [0.29, 0.717) is 0 Å². The summed E-state index contributed by atoms with van der Waals surface area (Å²) in [5.41, 5.74) is 1.34. The second kappa shape index (κ2) is 9.14. The third-order valence-electron chi connectivity index (χ3n) is 4.90. The fourth-order valence-electron chi connectivity index (χ4n) is 3.37. The van der Waals surface area contributed by atoms with Gasteiger partial charge < -0.3 is 14.7 Å². The van der Waals surface area contributed by atoms with E-state index in [1.54, 1.807) is 31.4 Å². The van der Waals surface area contributed by atoms with Crippen LogP contribution >= 0.6 is 0 Å². The van der Waals surface area contributed by atoms with E-state index in [4.69, 9.17) is 9.84 Å². The molecule has 0 heterocycles. The van der Waals surface area contributed by atoms with Crippen LogP contribution in [0, 0.1) is 0 Å². The van der Waals surface area contributed by atoms with Crippen LogP contribution in [-0.4, -0.2) is 25.3 Å². The Balaban J connectivity index is 0.000000211. The lowest BCUT2D eigenvalue weighted by atomic mass is 10.0. The predicted octanol–water partition coefficient (Wildman–Crippen LogP) is 6.24. The lowest BCUT2D eigenvalue weighted by Gasteiger charge is -2.23. The van der Waals surface area contributed by atoms with Crippen LogP contribution in [0.2, 0.25) is 0 Å². The Morgan fingerprint density at radius 1 is 0.750 bits per heavy atom. The number of aromatic hydroxyl groups is 1. The molecule has 4 aromatic carbocycles. The smallest absolute Gasteiger partial charge is 0.119 e. The van der Waals surface area contributed by atoms with Crippen LogP contribution in [0.5, 0.6) is 11.5 Å². The summed E-state index contributed by atoms with van der Waals surface area (Å²) >= 11 is 0. The van der Waals surface area contributed by atoms with E-state index in [-0.39, 0.29) is 5.75 Å². The second-order valence-corrected chi connectivity index (χ2v) is 6.57. The molecule has 0 spiro atoms. The fraction of sp³-hybridized carbons (Fsp3) is 0.200. The summed E-state index contributed by atoms with van der Waals surface area (Å²) in [6.45, 7) is 6.51. The minimum atomic E-state index is 0.260. The van der Waals surface area contributed by atoms with Crippen molar-refractivity contribution in [1.29, 1.82) is 0 Å². The van der Waals surface area contributed by atoms with Gasteiger partial charge in [0, 0.05) is 24.2 Å². The maximum Gasteiger partial charge on any atom is 0.119 e. The maximum absolute atomic E-state index is 8.80. The molecule has 1 N–H and O–H groups in total. The average Bonchev–Trinajstić information content (AvgIpc) is 2.74. The fourth-order valence-corrected chi connectivity index (χ4v) is 3.37. The molecule has 4 aromatic rings. The van der Waals surface area contributed by atoms with Crippen molar-refractivity contribution in [2.24, 2.45) is 0 Å². The summed E-state index contributed by atoms with van der Waals surface area (Å²) in [6, 6.07) is 26.3. The number of methoxy groups -OCH3 is 1. The van der Waals surface area contributed by atoms with Gasteiger partial charge in [0.1, 0.15) is 11.5 Å². The molecule has 0 fully saturated rings. The topological polar surface area (TPSA) is 32.7 Å². The number of anilines is 1. The van der Waals surface area contributed by atoms with Crippen LogP contribution in [0.1, 0.15) is 13.8 Å². The van der Waals surface area contributed by atoms with Gasteiger partial charge in [-0.1, -0.05) is 36.4 Å². The van der Waals surface area contributed by atoms with Crippen molar-refractivity contribution in [2.45, 2.75) is 13.8 Å². The molecule has 0 saturated carbocycles. The van der Waals surface area contributed by atoms with E-state index in [1.807, 2.05) is 0 Å². The first kappa shape index (κ1) is 19.6. The zero-order chi connectivity index (χ0) is 19.9. The van der Waals surface area contributed by atoms with Crippen LogP contribution in [0.15, 0.2) is 78.9 Å². The molecule has 0 bridgehead atoms. The molecule has 3 nitrogen and oxygen atoms in total. The highest BCUT2D eigenvalue weighted by molar-refractivity contribution is 6.03. The first-order valence-corrected chi connectivity index (χ1v) is 9.65. The zero-order valence-electron chi connectivity index (χ0n) is 16.7. The Morgan fingerprint density at radius 3 is 1.96 bits per heavy atom. The molecule has 0 unspecified atom stereocenters. The molecule has 3 heteroatoms. The maximum atomic E-state index is 8.80. The average molecular weight is 373 g/mol. The summed E-state index contributed by atoms with van der Waals surface area (Å²) < 4.78 is 4.86. The molecule has 0 aromatic heterocycles. The minimum absolute atomic E-state index is 0.260. The van der Waals surface area contributed by atoms with Gasteiger partial charge in [-0.2, -0.15) is 0 Å². The molecule has 28 heavy (non-hydrogen) atoms. The number of phenolic OH excluding ortho intramolecular Hbond substituents is 1. The molecule has 4 rings (SSSR count). The highest BCUT2D eigenvalue weighted by atomic mass is 16.5. The van der Waals surface area contributed by atoms with E-state index in [2.05, 4.69) is 73.3 Å². The summed E-state index contributed by atoms with van der Waals surface area (Å²) in [5.74, 6) is 1.02. The first-order chi connectivity index (χ1) is 13.7. The van der Waals surface area contributed by atoms with Crippen LogP contribution in [0.3, 0.4) is 0 Å².